The quantitative estimate of drug-likeness (QED) is 0.0873. The zero-order valence-electron chi connectivity index (χ0n) is 28.1. The number of rotatable bonds is 15. The fourth-order valence-electron chi connectivity index (χ4n) is 6.16. The van der Waals surface area contributed by atoms with E-state index >= 15 is 0 Å². The van der Waals surface area contributed by atoms with E-state index in [1.165, 1.54) is 14.2 Å². The first-order valence-corrected chi connectivity index (χ1v) is 15.6. The van der Waals surface area contributed by atoms with Gasteiger partial charge in [0.1, 0.15) is 11.5 Å². The highest BCUT2D eigenvalue weighted by molar-refractivity contribution is 6.04. The molecule has 2 aromatic rings. The Hall–Kier alpha value is -5.56. The van der Waals surface area contributed by atoms with Gasteiger partial charge in [-0.1, -0.05) is 0 Å². The first-order valence-electron chi connectivity index (χ1n) is 15.6. The summed E-state index contributed by atoms with van der Waals surface area (Å²) in [7, 11) is 4.80. The number of carbonyl (C=O) groups is 4. The van der Waals surface area contributed by atoms with Crippen molar-refractivity contribution in [1.29, 1.82) is 0 Å². The van der Waals surface area contributed by atoms with Crippen LogP contribution >= 0.6 is 0 Å². The number of methoxy groups -OCH3 is 4. The molecule has 276 valence electrons. The van der Waals surface area contributed by atoms with Crippen LogP contribution in [0.25, 0.3) is 0 Å². The molecule has 4 rings (SSSR count). The minimum absolute atomic E-state index is 0.0148. The van der Waals surface area contributed by atoms with Crippen molar-refractivity contribution in [1.82, 2.24) is 4.90 Å². The number of Topliss-reactive ketones (excluding diaryl/α,β-unsaturated/α-hetero) is 1. The van der Waals surface area contributed by atoms with E-state index in [4.69, 9.17) is 23.7 Å². The molecular formula is C32H37N3O16. The Balaban J connectivity index is 1.45. The number of hydrogen-bond donors (Lipinski definition) is 2. The van der Waals surface area contributed by atoms with Gasteiger partial charge < -0.3 is 43.5 Å². The first kappa shape index (κ1) is 38.2. The summed E-state index contributed by atoms with van der Waals surface area (Å²) >= 11 is 0. The van der Waals surface area contributed by atoms with Crippen LogP contribution < -0.4 is 18.9 Å². The first-order chi connectivity index (χ1) is 24.3. The topological polar surface area (TPSA) is 254 Å². The molecule has 0 aromatic heterocycles. The van der Waals surface area contributed by atoms with Crippen molar-refractivity contribution in [3.05, 3.63) is 55.6 Å². The van der Waals surface area contributed by atoms with Crippen molar-refractivity contribution < 1.29 is 67.7 Å². The molecule has 51 heavy (non-hydrogen) atoms. The lowest BCUT2D eigenvalue weighted by atomic mass is 9.87. The molecule has 2 aliphatic rings. The number of nitrogens with zero attached hydrogens (tertiary/aromatic N) is 3. The highest BCUT2D eigenvalue weighted by Gasteiger charge is 2.45. The van der Waals surface area contributed by atoms with Crippen molar-refractivity contribution in [2.24, 2.45) is 17.8 Å². The monoisotopic (exact) mass is 719 g/mol. The summed E-state index contributed by atoms with van der Waals surface area (Å²) < 4.78 is 31.4. The third-order valence-electron chi connectivity index (χ3n) is 8.72. The predicted octanol–water partition coefficient (Wildman–Crippen LogP) is 1.72. The Morgan fingerprint density at radius 1 is 0.725 bits per heavy atom. The molecule has 1 heterocycles. The maximum atomic E-state index is 13.4. The minimum Gasteiger partial charge on any atom is -0.493 e. The van der Waals surface area contributed by atoms with Gasteiger partial charge in [0.05, 0.1) is 87.3 Å². The van der Waals surface area contributed by atoms with Gasteiger partial charge in [0.2, 0.25) is 0 Å². The van der Waals surface area contributed by atoms with Crippen LogP contribution in [0.2, 0.25) is 0 Å². The van der Waals surface area contributed by atoms with Crippen LogP contribution in [0.1, 0.15) is 40.0 Å². The van der Waals surface area contributed by atoms with Gasteiger partial charge in [-0.05, 0) is 12.8 Å². The molecule has 19 nitrogen and oxygen atoms in total. The number of benzene rings is 2. The molecule has 1 amide bonds. The normalized spacial score (nSPS) is 21.1. The molecular weight excluding hydrogens is 682 g/mol. The molecule has 1 aliphatic carbocycles. The molecule has 19 heteroatoms. The van der Waals surface area contributed by atoms with Crippen LogP contribution in [0, 0.1) is 38.0 Å². The average Bonchev–Trinajstić information content (AvgIpc) is 3.71. The predicted molar refractivity (Wildman–Crippen MR) is 171 cm³/mol. The average molecular weight is 720 g/mol. The summed E-state index contributed by atoms with van der Waals surface area (Å²) in [5.41, 5.74) is -1.90. The third-order valence-corrected chi connectivity index (χ3v) is 8.72. The SMILES string of the molecule is COC(=O)[C@H]1CN(C(=O)c2cc(OC)c(OCCCOc3cc([N+](=O)[O-])c(C(=O)C4C[C@H](O)C[C@H]4C(=O)OC)cc3OC)cc2[N+](=O)[O-])C[C@@H]1O. The van der Waals surface area contributed by atoms with Gasteiger partial charge >= 0.3 is 11.9 Å². The summed E-state index contributed by atoms with van der Waals surface area (Å²) in [4.78, 5) is 74.3. The van der Waals surface area contributed by atoms with Gasteiger partial charge in [0.15, 0.2) is 28.8 Å². The van der Waals surface area contributed by atoms with Gasteiger partial charge in [-0.25, -0.2) is 0 Å². The zero-order valence-corrected chi connectivity index (χ0v) is 28.1. The molecule has 2 fully saturated rings. The number of amides is 1. The Morgan fingerprint density at radius 3 is 1.73 bits per heavy atom. The second-order valence-corrected chi connectivity index (χ2v) is 11.7. The summed E-state index contributed by atoms with van der Waals surface area (Å²) in [6, 6.07) is 4.28. The van der Waals surface area contributed by atoms with Gasteiger partial charge in [0.25, 0.3) is 17.3 Å². The van der Waals surface area contributed by atoms with Crippen molar-refractivity contribution in [2.45, 2.75) is 31.5 Å². The summed E-state index contributed by atoms with van der Waals surface area (Å²) in [5, 5.41) is 44.3. The summed E-state index contributed by atoms with van der Waals surface area (Å²) in [6.45, 7) is -0.652. The molecule has 2 aromatic carbocycles. The Morgan fingerprint density at radius 2 is 1.22 bits per heavy atom. The molecule has 0 bridgehead atoms. The number of esters is 2. The number of nitro benzene ring substituents is 2. The lowest BCUT2D eigenvalue weighted by Crippen LogP contribution is -2.30. The fraction of sp³-hybridized carbons (Fsp3) is 0.500. The zero-order chi connectivity index (χ0) is 37.6. The number of β-amino-alcohol motifs (C(OH)–C–C–N with tert-alkyl or cyclic N) is 1. The lowest BCUT2D eigenvalue weighted by molar-refractivity contribution is -0.385. The van der Waals surface area contributed by atoms with Crippen LogP contribution in [0.5, 0.6) is 23.0 Å². The number of aliphatic hydroxyl groups is 2. The number of nitro groups is 2. The second kappa shape index (κ2) is 16.4. The van der Waals surface area contributed by atoms with Crippen molar-refractivity contribution in [2.75, 3.05) is 54.7 Å². The highest BCUT2D eigenvalue weighted by atomic mass is 16.6. The smallest absolute Gasteiger partial charge is 0.313 e. The highest BCUT2D eigenvalue weighted by Crippen LogP contribution is 2.41. The van der Waals surface area contributed by atoms with E-state index in [0.29, 0.717) is 0 Å². The largest absolute Gasteiger partial charge is 0.493 e. The van der Waals surface area contributed by atoms with E-state index in [1.807, 2.05) is 0 Å². The molecule has 1 unspecified atom stereocenters. The maximum Gasteiger partial charge on any atom is 0.313 e. The van der Waals surface area contributed by atoms with Crippen LogP contribution in [0.3, 0.4) is 0 Å². The van der Waals surface area contributed by atoms with Gasteiger partial charge in [-0.2, -0.15) is 0 Å². The Bertz CT molecular complexity index is 1700. The standard InChI is InChI=1S/C32H37N3O16/c1-46-25-10-19(29(38)17-8-16(36)9-18(17)31(40)48-3)22(34(42)43)12-27(25)50-6-5-7-51-28-13-23(35(44)45)20(11-26(28)47-2)30(39)33-14-21(24(37)15-33)32(41)49-4/h10-13,16-18,21,24,36-37H,5-9,14-15H2,1-4H3/t16-,17?,18+,21-,24-/m0/s1. The number of carbonyl (C=O) groups excluding carboxylic acids is 4. The Labute approximate surface area is 290 Å². The number of hydrogen-bond acceptors (Lipinski definition) is 16. The summed E-state index contributed by atoms with van der Waals surface area (Å²) in [5.74, 6) is -6.20. The lowest BCUT2D eigenvalue weighted by Gasteiger charge is -2.18. The molecule has 5 atom stereocenters. The van der Waals surface area contributed by atoms with Crippen LogP contribution in [-0.2, 0) is 19.1 Å². The number of aliphatic hydroxyl groups excluding tert-OH is 2. The molecule has 1 aliphatic heterocycles. The fourth-order valence-corrected chi connectivity index (χ4v) is 6.16. The number of likely N-dealkylation sites (tertiary alicyclic amines) is 1. The van der Waals surface area contributed by atoms with E-state index in [0.717, 1.165) is 43.4 Å². The molecule has 0 radical (unpaired) electrons. The number of ketones is 1. The van der Waals surface area contributed by atoms with Crippen LogP contribution in [0.4, 0.5) is 11.4 Å². The van der Waals surface area contributed by atoms with E-state index < -0.39 is 74.8 Å². The molecule has 0 spiro atoms. The molecule has 2 N–H and O–H groups in total. The van der Waals surface area contributed by atoms with Crippen molar-refractivity contribution in [3.8, 4) is 23.0 Å². The van der Waals surface area contributed by atoms with Gasteiger partial charge in [0, 0.05) is 37.6 Å². The van der Waals surface area contributed by atoms with Crippen molar-refractivity contribution >= 4 is 35.0 Å². The Kier molecular flexibility index (Phi) is 12.3. The molecule has 1 saturated carbocycles. The van der Waals surface area contributed by atoms with Gasteiger partial charge in [-0.15, -0.1) is 0 Å². The maximum absolute atomic E-state index is 13.4. The second-order valence-electron chi connectivity index (χ2n) is 11.7. The van der Waals surface area contributed by atoms with E-state index in [-0.39, 0.29) is 79.7 Å². The van der Waals surface area contributed by atoms with E-state index in [1.54, 1.807) is 0 Å². The summed E-state index contributed by atoms with van der Waals surface area (Å²) in [6.07, 6.45) is -2.15. The van der Waals surface area contributed by atoms with Crippen molar-refractivity contribution in [3.63, 3.8) is 0 Å². The van der Waals surface area contributed by atoms with E-state index in [2.05, 4.69) is 4.74 Å². The van der Waals surface area contributed by atoms with Crippen LogP contribution in [-0.4, -0.2) is 116 Å². The third kappa shape index (κ3) is 8.26. The molecule has 1 saturated heterocycles. The minimum atomic E-state index is -1.22. The van der Waals surface area contributed by atoms with E-state index in [9.17, 15) is 49.6 Å². The number of ether oxygens (including phenoxy) is 6. The van der Waals surface area contributed by atoms with Gasteiger partial charge in [-0.3, -0.25) is 39.4 Å². The van der Waals surface area contributed by atoms with Crippen LogP contribution in [0.15, 0.2) is 24.3 Å².